The van der Waals surface area contributed by atoms with Gasteiger partial charge in [0.05, 0.1) is 12.3 Å². The maximum atomic E-state index is 13.2. The summed E-state index contributed by atoms with van der Waals surface area (Å²) in [5, 5.41) is 9.18. The number of amides is 2. The summed E-state index contributed by atoms with van der Waals surface area (Å²) in [5.74, 6) is 0.261. The second-order valence-corrected chi connectivity index (χ2v) is 8.70. The summed E-state index contributed by atoms with van der Waals surface area (Å²) in [6.45, 7) is 6.22. The van der Waals surface area contributed by atoms with Gasteiger partial charge in [-0.1, -0.05) is 26.0 Å². The van der Waals surface area contributed by atoms with Gasteiger partial charge >= 0.3 is 0 Å². The van der Waals surface area contributed by atoms with Gasteiger partial charge in [0.25, 0.3) is 5.91 Å². The standard InChI is InChI=1S/C26H31N5O3/c1-3-7-30(8-4-2)25(33)19-11-18-6-5-17(13-22(18)29-23(27)14-19)20-12-21-16-31(9-10-32)26(34)24(21)28-15-20/h5-6,11-13,15,32H,3-4,7-10,14,16H2,1-2H3,(H2,27,29). The number of amidine groups is 1. The fraction of sp³-hybridized carbons (Fsp3) is 0.385. The summed E-state index contributed by atoms with van der Waals surface area (Å²) >= 11 is 0. The van der Waals surface area contributed by atoms with Gasteiger partial charge < -0.3 is 20.6 Å². The Morgan fingerprint density at radius 1 is 1.18 bits per heavy atom. The van der Waals surface area contributed by atoms with Crippen LogP contribution in [0.4, 0.5) is 5.69 Å². The lowest BCUT2D eigenvalue weighted by Gasteiger charge is -2.22. The molecule has 0 bridgehead atoms. The molecule has 2 aliphatic heterocycles. The van der Waals surface area contributed by atoms with Crippen molar-refractivity contribution < 1.29 is 14.7 Å². The van der Waals surface area contributed by atoms with Crippen molar-refractivity contribution in [2.45, 2.75) is 39.7 Å². The number of nitrogens with two attached hydrogens (primary N) is 1. The van der Waals surface area contributed by atoms with Crippen molar-refractivity contribution in [1.29, 1.82) is 0 Å². The Bertz CT molecular complexity index is 1170. The van der Waals surface area contributed by atoms with Crippen LogP contribution in [0.5, 0.6) is 0 Å². The molecule has 1 aromatic heterocycles. The predicted molar refractivity (Wildman–Crippen MR) is 133 cm³/mol. The van der Waals surface area contributed by atoms with E-state index in [2.05, 4.69) is 23.8 Å². The Kier molecular flexibility index (Phi) is 7.07. The number of aliphatic imine (C=N–C) groups is 1. The first-order valence-corrected chi connectivity index (χ1v) is 11.8. The van der Waals surface area contributed by atoms with Gasteiger partial charge in [0.15, 0.2) is 0 Å². The summed E-state index contributed by atoms with van der Waals surface area (Å²) < 4.78 is 0. The highest BCUT2D eigenvalue weighted by atomic mass is 16.3. The topological polar surface area (TPSA) is 112 Å². The number of aliphatic hydroxyl groups excluding tert-OH is 1. The fourth-order valence-corrected chi connectivity index (χ4v) is 4.48. The zero-order valence-electron chi connectivity index (χ0n) is 19.8. The van der Waals surface area contributed by atoms with Crippen LogP contribution in [0.25, 0.3) is 17.2 Å². The molecule has 3 heterocycles. The van der Waals surface area contributed by atoms with Crippen LogP contribution in [0.15, 0.2) is 41.0 Å². The quantitative estimate of drug-likeness (QED) is 0.627. The molecular weight excluding hydrogens is 430 g/mol. The van der Waals surface area contributed by atoms with E-state index in [1.165, 1.54) is 0 Å². The monoisotopic (exact) mass is 461 g/mol. The number of carbonyl (C=O) groups excluding carboxylic acids is 2. The molecule has 0 spiro atoms. The van der Waals surface area contributed by atoms with E-state index >= 15 is 0 Å². The summed E-state index contributed by atoms with van der Waals surface area (Å²) in [6, 6.07) is 7.81. The van der Waals surface area contributed by atoms with Crippen LogP contribution >= 0.6 is 0 Å². The van der Waals surface area contributed by atoms with Gasteiger partial charge in [-0.15, -0.1) is 0 Å². The third-order valence-corrected chi connectivity index (χ3v) is 6.07. The normalized spacial score (nSPS) is 14.8. The Hall–Kier alpha value is -3.52. The molecule has 2 aliphatic rings. The van der Waals surface area contributed by atoms with Crippen LogP contribution in [-0.4, -0.2) is 63.8 Å². The molecule has 0 saturated heterocycles. The number of benzene rings is 1. The average molecular weight is 462 g/mol. The number of fused-ring (bicyclic) bond motifs is 2. The maximum Gasteiger partial charge on any atom is 0.273 e. The zero-order chi connectivity index (χ0) is 24.2. The molecule has 0 unspecified atom stereocenters. The van der Waals surface area contributed by atoms with Gasteiger partial charge in [0.2, 0.25) is 5.91 Å². The molecule has 0 atom stereocenters. The number of hydrogen-bond acceptors (Lipinski definition) is 6. The van der Waals surface area contributed by atoms with E-state index in [-0.39, 0.29) is 18.4 Å². The van der Waals surface area contributed by atoms with E-state index in [1.54, 1.807) is 11.1 Å². The summed E-state index contributed by atoms with van der Waals surface area (Å²) in [4.78, 5) is 38.0. The zero-order valence-corrected chi connectivity index (χ0v) is 19.8. The first-order chi connectivity index (χ1) is 16.4. The van der Waals surface area contributed by atoms with Crippen LogP contribution < -0.4 is 5.73 Å². The van der Waals surface area contributed by atoms with Gasteiger partial charge in [-0.2, -0.15) is 0 Å². The Labute approximate surface area is 199 Å². The molecule has 0 radical (unpaired) electrons. The first-order valence-electron chi connectivity index (χ1n) is 11.8. The summed E-state index contributed by atoms with van der Waals surface area (Å²) in [5.41, 5.74) is 11.5. The van der Waals surface area contributed by atoms with Gasteiger partial charge in [-0.05, 0) is 36.6 Å². The molecule has 2 aromatic rings. The van der Waals surface area contributed by atoms with Crippen molar-refractivity contribution in [2.24, 2.45) is 10.7 Å². The third kappa shape index (κ3) is 4.72. The van der Waals surface area contributed by atoms with Crippen molar-refractivity contribution in [3.63, 3.8) is 0 Å². The van der Waals surface area contributed by atoms with Crippen molar-refractivity contribution in [2.75, 3.05) is 26.2 Å². The molecule has 34 heavy (non-hydrogen) atoms. The van der Waals surface area contributed by atoms with Crippen LogP contribution in [-0.2, 0) is 11.3 Å². The minimum absolute atomic E-state index is 0.0127. The third-order valence-electron chi connectivity index (χ3n) is 6.07. The summed E-state index contributed by atoms with van der Waals surface area (Å²) in [6.07, 6.45) is 5.70. The van der Waals surface area contributed by atoms with Crippen molar-refractivity contribution >= 4 is 29.4 Å². The number of rotatable bonds is 8. The molecule has 4 rings (SSSR count). The summed E-state index contributed by atoms with van der Waals surface area (Å²) in [7, 11) is 0. The minimum Gasteiger partial charge on any atom is -0.395 e. The largest absolute Gasteiger partial charge is 0.395 e. The molecule has 8 nitrogen and oxygen atoms in total. The highest BCUT2D eigenvalue weighted by molar-refractivity contribution is 6.05. The van der Waals surface area contributed by atoms with E-state index in [9.17, 15) is 14.7 Å². The van der Waals surface area contributed by atoms with E-state index in [4.69, 9.17) is 5.73 Å². The van der Waals surface area contributed by atoms with Gasteiger partial charge in [0, 0.05) is 61.1 Å². The molecule has 0 fully saturated rings. The predicted octanol–water partition coefficient (Wildman–Crippen LogP) is 3.12. The first kappa shape index (κ1) is 23.6. The number of aromatic nitrogens is 1. The van der Waals surface area contributed by atoms with E-state index in [1.807, 2.05) is 35.2 Å². The molecular formula is C26H31N5O3. The van der Waals surface area contributed by atoms with Crippen molar-refractivity contribution in [3.05, 3.63) is 52.9 Å². The maximum absolute atomic E-state index is 13.2. The van der Waals surface area contributed by atoms with Gasteiger partial charge in [-0.3, -0.25) is 14.6 Å². The second-order valence-electron chi connectivity index (χ2n) is 8.70. The van der Waals surface area contributed by atoms with Crippen molar-refractivity contribution in [3.8, 4) is 11.1 Å². The average Bonchev–Trinajstić information content (AvgIpc) is 3.02. The van der Waals surface area contributed by atoms with E-state index in [0.717, 1.165) is 48.2 Å². The smallest absolute Gasteiger partial charge is 0.273 e. The van der Waals surface area contributed by atoms with Crippen LogP contribution in [0.1, 0.15) is 54.7 Å². The van der Waals surface area contributed by atoms with E-state index < -0.39 is 0 Å². The minimum atomic E-state index is -0.155. The number of carbonyl (C=O) groups is 2. The van der Waals surface area contributed by atoms with Crippen LogP contribution in [0.2, 0.25) is 0 Å². The lowest BCUT2D eigenvalue weighted by molar-refractivity contribution is -0.127. The Morgan fingerprint density at radius 2 is 1.94 bits per heavy atom. The lowest BCUT2D eigenvalue weighted by Crippen LogP contribution is -2.34. The molecule has 0 saturated carbocycles. The highest BCUT2D eigenvalue weighted by Crippen LogP contribution is 2.33. The van der Waals surface area contributed by atoms with E-state index in [0.29, 0.717) is 42.3 Å². The molecule has 2 amide bonds. The molecule has 0 aliphatic carbocycles. The molecule has 1 aromatic carbocycles. The second kappa shape index (κ2) is 10.2. The Morgan fingerprint density at radius 3 is 2.65 bits per heavy atom. The Balaban J connectivity index is 1.64. The number of aliphatic hydroxyl groups is 1. The number of nitrogens with zero attached hydrogens (tertiary/aromatic N) is 4. The fourth-order valence-electron chi connectivity index (χ4n) is 4.48. The number of pyridine rings is 1. The van der Waals surface area contributed by atoms with Crippen molar-refractivity contribution in [1.82, 2.24) is 14.8 Å². The molecule has 3 N–H and O–H groups in total. The van der Waals surface area contributed by atoms with Gasteiger partial charge in [-0.25, -0.2) is 4.99 Å². The molecule has 8 heteroatoms. The van der Waals surface area contributed by atoms with Gasteiger partial charge in [0.1, 0.15) is 11.5 Å². The lowest BCUT2D eigenvalue weighted by atomic mass is 10.0. The highest BCUT2D eigenvalue weighted by Gasteiger charge is 2.28. The molecule has 178 valence electrons. The number of hydrogen-bond donors (Lipinski definition) is 2. The van der Waals surface area contributed by atoms with Crippen LogP contribution in [0, 0.1) is 0 Å². The SMILES string of the molecule is CCCN(CCC)C(=O)C1=Cc2ccc(-c3cnc4c(c3)CN(CCO)C4=O)cc2N=C(N)C1. The number of β-amino-alcohol motifs (C(OH)–C–C–N with tert-alkyl or cyclic N) is 1. The van der Waals surface area contributed by atoms with Crippen LogP contribution in [0.3, 0.4) is 0 Å².